The van der Waals surface area contributed by atoms with Gasteiger partial charge in [-0.1, -0.05) is 423 Å². The molecule has 532 valence electrons. The zero-order valence-corrected chi connectivity index (χ0v) is 61.1. The number of amides is 1. The third-order valence-electron chi connectivity index (χ3n) is 19.4. The Morgan fingerprint density at radius 1 is 0.311 bits per heavy atom. The molecular weight excluding hydrogens is 1100 g/mol. The number of aliphatic hydroxyl groups is 2. The number of hydrogen-bond donors (Lipinski definition) is 3. The third-order valence-corrected chi connectivity index (χ3v) is 19.4. The quantitative estimate of drug-likeness (QED) is 0.0320. The molecule has 0 aliphatic carbocycles. The van der Waals surface area contributed by atoms with Crippen LogP contribution in [0.5, 0.6) is 0 Å². The SMILES string of the molecule is CCCCCCCCCCCCCCC/C=C/C(O)C(CO)NC(=O)CCCCCCCCCCCCCCCCCCC/C=C\C/C=C\CCCCCCCCCCCCCCCCCOC(=O)CCCCCCCCCCCCCCCCCCCCC. The number of carbonyl (C=O) groups is 2. The highest BCUT2D eigenvalue weighted by molar-refractivity contribution is 5.76. The minimum absolute atomic E-state index is 0.0258. The van der Waals surface area contributed by atoms with Gasteiger partial charge in [-0.2, -0.15) is 0 Å². The molecule has 0 radical (unpaired) electrons. The molecule has 3 N–H and O–H groups in total. The lowest BCUT2D eigenvalue weighted by molar-refractivity contribution is -0.143. The highest BCUT2D eigenvalue weighted by Crippen LogP contribution is 2.20. The van der Waals surface area contributed by atoms with E-state index in [0.717, 1.165) is 44.9 Å². The molecular formula is C84H161NO5. The van der Waals surface area contributed by atoms with Crippen molar-refractivity contribution in [1.29, 1.82) is 0 Å². The van der Waals surface area contributed by atoms with E-state index >= 15 is 0 Å². The molecule has 0 aliphatic heterocycles. The van der Waals surface area contributed by atoms with Crippen molar-refractivity contribution in [1.82, 2.24) is 5.32 Å². The van der Waals surface area contributed by atoms with Crippen molar-refractivity contribution >= 4 is 11.9 Å². The van der Waals surface area contributed by atoms with E-state index in [0.29, 0.717) is 19.4 Å². The van der Waals surface area contributed by atoms with Crippen molar-refractivity contribution in [2.45, 2.75) is 475 Å². The topological polar surface area (TPSA) is 95.9 Å². The average Bonchev–Trinajstić information content (AvgIpc) is 3.65. The molecule has 0 spiro atoms. The number of ether oxygens (including phenoxy) is 1. The highest BCUT2D eigenvalue weighted by atomic mass is 16.5. The minimum atomic E-state index is -0.842. The lowest BCUT2D eigenvalue weighted by atomic mass is 10.0. The molecule has 0 aliphatic rings. The van der Waals surface area contributed by atoms with Gasteiger partial charge in [0.25, 0.3) is 0 Å². The second-order valence-corrected chi connectivity index (χ2v) is 28.5. The Balaban J connectivity index is 3.34. The van der Waals surface area contributed by atoms with Crippen LogP contribution in [-0.4, -0.2) is 47.4 Å². The van der Waals surface area contributed by atoms with Gasteiger partial charge in [0.1, 0.15) is 0 Å². The lowest BCUT2D eigenvalue weighted by Crippen LogP contribution is -2.45. The van der Waals surface area contributed by atoms with Gasteiger partial charge in [-0.25, -0.2) is 0 Å². The van der Waals surface area contributed by atoms with Crippen molar-refractivity contribution in [3.05, 3.63) is 36.5 Å². The van der Waals surface area contributed by atoms with Crippen LogP contribution in [0.4, 0.5) is 0 Å². The van der Waals surface area contributed by atoms with E-state index in [1.165, 1.54) is 392 Å². The molecule has 0 saturated carbocycles. The summed E-state index contributed by atoms with van der Waals surface area (Å²) in [6, 6.07) is -0.626. The van der Waals surface area contributed by atoms with Gasteiger partial charge in [0.15, 0.2) is 0 Å². The molecule has 0 bridgehead atoms. The normalized spacial score (nSPS) is 12.6. The second kappa shape index (κ2) is 79.5. The maximum Gasteiger partial charge on any atom is 0.305 e. The standard InChI is InChI=1S/C84H161NO5/c1-3-5-7-9-11-13-15-17-19-20-42-46-50-54-58-62-66-70-74-78-84(89)90-79-75-71-67-63-59-55-51-47-44-41-39-37-35-33-31-29-27-25-23-21-22-24-26-28-30-32-34-36-38-40-43-45-49-53-57-61-65-69-73-77-83(88)85-81(80-86)82(87)76-72-68-64-60-56-52-48-18-16-14-12-10-8-6-4-2/h21-22,25,27,72,76,81-82,86-87H,3-20,23-24,26,28-71,73-75,77-80H2,1-2H3,(H,85,88)/b22-21-,27-25-,76-72+. The Bertz CT molecular complexity index is 1460. The second-order valence-electron chi connectivity index (χ2n) is 28.5. The molecule has 2 unspecified atom stereocenters. The van der Waals surface area contributed by atoms with Crippen LogP contribution < -0.4 is 5.32 Å². The van der Waals surface area contributed by atoms with E-state index in [-0.39, 0.29) is 18.5 Å². The fourth-order valence-corrected chi connectivity index (χ4v) is 13.1. The maximum atomic E-state index is 12.5. The third kappa shape index (κ3) is 75.1. The summed E-state index contributed by atoms with van der Waals surface area (Å²) in [5.41, 5.74) is 0. The molecule has 0 heterocycles. The first kappa shape index (κ1) is 88.1. The first-order valence-corrected chi connectivity index (χ1v) is 41.3. The molecule has 0 aromatic carbocycles. The van der Waals surface area contributed by atoms with Gasteiger partial charge < -0.3 is 20.3 Å². The lowest BCUT2D eigenvalue weighted by Gasteiger charge is -2.20. The largest absolute Gasteiger partial charge is 0.466 e. The molecule has 0 aromatic heterocycles. The van der Waals surface area contributed by atoms with Gasteiger partial charge in [0.05, 0.1) is 25.4 Å². The zero-order chi connectivity index (χ0) is 64.9. The summed E-state index contributed by atoms with van der Waals surface area (Å²) in [4.78, 5) is 24.6. The zero-order valence-electron chi connectivity index (χ0n) is 61.1. The predicted molar refractivity (Wildman–Crippen MR) is 398 cm³/mol. The highest BCUT2D eigenvalue weighted by Gasteiger charge is 2.18. The number of carbonyl (C=O) groups excluding carboxylic acids is 2. The summed E-state index contributed by atoms with van der Waals surface area (Å²) in [7, 11) is 0. The van der Waals surface area contributed by atoms with Crippen LogP contribution >= 0.6 is 0 Å². The number of rotatable bonds is 78. The molecule has 6 heteroatoms. The molecule has 1 amide bonds. The van der Waals surface area contributed by atoms with Gasteiger partial charge in [0.2, 0.25) is 5.91 Å². The number of aliphatic hydroxyl groups excluding tert-OH is 2. The van der Waals surface area contributed by atoms with E-state index in [1.807, 2.05) is 6.08 Å². The number of hydrogen-bond acceptors (Lipinski definition) is 5. The van der Waals surface area contributed by atoms with E-state index in [1.54, 1.807) is 6.08 Å². The van der Waals surface area contributed by atoms with Crippen molar-refractivity contribution in [3.63, 3.8) is 0 Å². The smallest absolute Gasteiger partial charge is 0.305 e. The maximum absolute atomic E-state index is 12.5. The number of unbranched alkanes of at least 4 members (excludes halogenated alkanes) is 63. The van der Waals surface area contributed by atoms with Gasteiger partial charge in [0, 0.05) is 12.8 Å². The Morgan fingerprint density at radius 2 is 0.556 bits per heavy atom. The number of nitrogens with one attached hydrogen (secondary N) is 1. The number of esters is 1. The van der Waals surface area contributed by atoms with E-state index in [2.05, 4.69) is 43.5 Å². The van der Waals surface area contributed by atoms with Crippen LogP contribution in [0.25, 0.3) is 0 Å². The average molecular weight is 1270 g/mol. The molecule has 0 fully saturated rings. The molecule has 6 nitrogen and oxygen atoms in total. The van der Waals surface area contributed by atoms with Crippen LogP contribution in [0.15, 0.2) is 36.5 Å². The van der Waals surface area contributed by atoms with Crippen LogP contribution in [0.3, 0.4) is 0 Å². The van der Waals surface area contributed by atoms with Crippen molar-refractivity contribution < 1.29 is 24.5 Å². The Morgan fingerprint density at radius 3 is 0.844 bits per heavy atom. The van der Waals surface area contributed by atoms with Crippen LogP contribution in [-0.2, 0) is 14.3 Å². The first-order valence-electron chi connectivity index (χ1n) is 41.3. The van der Waals surface area contributed by atoms with E-state index in [9.17, 15) is 19.8 Å². The van der Waals surface area contributed by atoms with Gasteiger partial charge >= 0.3 is 5.97 Å². The molecule has 0 rings (SSSR count). The summed E-state index contributed by atoms with van der Waals surface area (Å²) in [6.07, 6.45) is 104. The summed E-state index contributed by atoms with van der Waals surface area (Å²) < 4.78 is 5.52. The summed E-state index contributed by atoms with van der Waals surface area (Å²) in [6.45, 7) is 4.95. The predicted octanol–water partition coefficient (Wildman–Crippen LogP) is 27.4. The van der Waals surface area contributed by atoms with Crippen LogP contribution in [0.2, 0.25) is 0 Å². The van der Waals surface area contributed by atoms with Crippen molar-refractivity contribution in [2.24, 2.45) is 0 Å². The molecule has 0 saturated heterocycles. The van der Waals surface area contributed by atoms with Crippen LogP contribution in [0.1, 0.15) is 463 Å². The number of allylic oxidation sites excluding steroid dienone is 5. The first-order chi connectivity index (χ1) is 44.5. The van der Waals surface area contributed by atoms with Crippen LogP contribution in [0, 0.1) is 0 Å². The molecule has 0 aromatic rings. The molecule has 2 atom stereocenters. The minimum Gasteiger partial charge on any atom is -0.466 e. The summed E-state index contributed by atoms with van der Waals surface area (Å²) in [5, 5.41) is 23.2. The van der Waals surface area contributed by atoms with Gasteiger partial charge in [-0.15, -0.1) is 0 Å². The Hall–Kier alpha value is -1.92. The monoisotopic (exact) mass is 1260 g/mol. The van der Waals surface area contributed by atoms with Gasteiger partial charge in [-0.3, -0.25) is 9.59 Å². The fourth-order valence-electron chi connectivity index (χ4n) is 13.1. The van der Waals surface area contributed by atoms with E-state index < -0.39 is 12.1 Å². The van der Waals surface area contributed by atoms with Crippen molar-refractivity contribution in [2.75, 3.05) is 13.2 Å². The van der Waals surface area contributed by atoms with Crippen molar-refractivity contribution in [3.8, 4) is 0 Å². The Kier molecular flexibility index (Phi) is 77.8. The molecule has 90 heavy (non-hydrogen) atoms. The Labute approximate surface area is 564 Å². The fraction of sp³-hybridized carbons (Fsp3) is 0.905. The summed E-state index contributed by atoms with van der Waals surface area (Å²) in [5.74, 6) is -0.0363. The summed E-state index contributed by atoms with van der Waals surface area (Å²) >= 11 is 0. The van der Waals surface area contributed by atoms with E-state index in [4.69, 9.17) is 4.74 Å². The van der Waals surface area contributed by atoms with Gasteiger partial charge in [-0.05, 0) is 64.2 Å².